The zero-order valence-corrected chi connectivity index (χ0v) is 9.00. The highest BCUT2D eigenvalue weighted by Gasteiger charge is 2.15. The molecule has 0 radical (unpaired) electrons. The second-order valence-corrected chi connectivity index (χ2v) is 3.56. The Kier molecular flexibility index (Phi) is 2.33. The molecule has 0 aliphatic rings. The molecule has 6 heteroatoms. The molecule has 0 saturated carbocycles. The Bertz CT molecular complexity index is 676. The molecular weight excluding hydrogens is 239 g/mol. The van der Waals surface area contributed by atoms with Crippen molar-refractivity contribution in [2.45, 2.75) is 0 Å². The van der Waals surface area contributed by atoms with Crippen LogP contribution in [0, 0.1) is 5.82 Å². The number of rotatable bonds is 2. The van der Waals surface area contributed by atoms with Gasteiger partial charge in [-0.25, -0.2) is 4.39 Å². The van der Waals surface area contributed by atoms with Crippen molar-refractivity contribution < 1.29 is 18.4 Å². The maximum Gasteiger partial charge on any atom is 0.261 e. The van der Waals surface area contributed by atoms with E-state index < -0.39 is 5.82 Å². The summed E-state index contributed by atoms with van der Waals surface area (Å²) in [6.07, 6.45) is 1.48. The molecule has 3 rings (SSSR count). The smallest absolute Gasteiger partial charge is 0.261 e. The summed E-state index contributed by atoms with van der Waals surface area (Å²) in [7, 11) is 0. The molecule has 2 aromatic heterocycles. The monoisotopic (exact) mass is 246 g/mol. The van der Waals surface area contributed by atoms with Gasteiger partial charge in [-0.3, -0.25) is 0 Å². The van der Waals surface area contributed by atoms with Crippen LogP contribution in [-0.4, -0.2) is 15.2 Å². The topological polar surface area (TPSA) is 72.3 Å². The molecule has 0 bridgehead atoms. The van der Waals surface area contributed by atoms with Gasteiger partial charge in [0.15, 0.2) is 5.76 Å². The average molecular weight is 246 g/mol. The van der Waals surface area contributed by atoms with Crippen molar-refractivity contribution in [3.8, 4) is 28.8 Å². The van der Waals surface area contributed by atoms with E-state index in [1.54, 1.807) is 12.1 Å². The van der Waals surface area contributed by atoms with E-state index in [1.165, 1.54) is 18.4 Å². The third-order valence-corrected chi connectivity index (χ3v) is 2.35. The first-order valence-corrected chi connectivity index (χ1v) is 5.10. The van der Waals surface area contributed by atoms with Crippen molar-refractivity contribution in [3.05, 3.63) is 42.4 Å². The number of phenols is 1. The van der Waals surface area contributed by atoms with Gasteiger partial charge in [0.05, 0.1) is 11.8 Å². The highest BCUT2D eigenvalue weighted by Crippen LogP contribution is 2.26. The summed E-state index contributed by atoms with van der Waals surface area (Å²) in [6.45, 7) is 0. The van der Waals surface area contributed by atoms with E-state index in [-0.39, 0.29) is 23.0 Å². The lowest BCUT2D eigenvalue weighted by Crippen LogP contribution is -1.84. The molecule has 1 aromatic carbocycles. The average Bonchev–Trinajstić information content (AvgIpc) is 2.99. The van der Waals surface area contributed by atoms with E-state index >= 15 is 0 Å². The number of phenolic OH excluding ortho intramolecular Hbond substituents is 1. The lowest BCUT2D eigenvalue weighted by atomic mass is 10.2. The summed E-state index contributed by atoms with van der Waals surface area (Å²) in [5.74, 6) is -0.0998. The maximum absolute atomic E-state index is 13.6. The van der Waals surface area contributed by atoms with Gasteiger partial charge in [0.1, 0.15) is 11.6 Å². The maximum atomic E-state index is 13.6. The first-order valence-electron chi connectivity index (χ1n) is 5.10. The van der Waals surface area contributed by atoms with Crippen LogP contribution in [0.15, 0.2) is 45.5 Å². The molecule has 90 valence electrons. The van der Waals surface area contributed by atoms with E-state index in [0.717, 1.165) is 6.07 Å². The summed E-state index contributed by atoms with van der Waals surface area (Å²) in [5.41, 5.74) is 0.123. The third-order valence-electron chi connectivity index (χ3n) is 2.35. The van der Waals surface area contributed by atoms with Crippen LogP contribution in [0.3, 0.4) is 0 Å². The first kappa shape index (κ1) is 10.5. The molecule has 0 amide bonds. The van der Waals surface area contributed by atoms with E-state index in [9.17, 15) is 4.39 Å². The van der Waals surface area contributed by atoms with Gasteiger partial charge in [-0.1, -0.05) is 5.16 Å². The van der Waals surface area contributed by atoms with Crippen molar-refractivity contribution in [3.63, 3.8) is 0 Å². The lowest BCUT2D eigenvalue weighted by molar-refractivity contribution is 0.426. The van der Waals surface area contributed by atoms with Crippen LogP contribution in [0.2, 0.25) is 0 Å². The molecule has 0 aliphatic heterocycles. The second-order valence-electron chi connectivity index (χ2n) is 3.56. The number of hydrogen-bond acceptors (Lipinski definition) is 5. The molecule has 0 unspecified atom stereocenters. The van der Waals surface area contributed by atoms with Crippen LogP contribution < -0.4 is 0 Å². The van der Waals surface area contributed by atoms with Crippen LogP contribution in [-0.2, 0) is 0 Å². The fraction of sp³-hybridized carbons (Fsp3) is 0. The molecule has 0 fully saturated rings. The van der Waals surface area contributed by atoms with E-state index in [1.807, 2.05) is 0 Å². The second kappa shape index (κ2) is 3.99. The summed E-state index contributed by atoms with van der Waals surface area (Å²) in [6, 6.07) is 7.04. The minimum Gasteiger partial charge on any atom is -0.508 e. The Labute approximate surface area is 100 Å². The van der Waals surface area contributed by atoms with Crippen LogP contribution >= 0.6 is 0 Å². The molecule has 1 N–H and O–H groups in total. The largest absolute Gasteiger partial charge is 0.508 e. The van der Waals surface area contributed by atoms with Crippen molar-refractivity contribution >= 4 is 0 Å². The summed E-state index contributed by atoms with van der Waals surface area (Å²) >= 11 is 0. The first-order chi connectivity index (χ1) is 8.74. The van der Waals surface area contributed by atoms with Gasteiger partial charge in [0, 0.05) is 6.07 Å². The van der Waals surface area contributed by atoms with Gasteiger partial charge in [0.25, 0.3) is 5.89 Å². The molecule has 2 heterocycles. The zero-order chi connectivity index (χ0) is 12.5. The molecule has 0 atom stereocenters. The number of aromatic nitrogens is 2. The fourth-order valence-electron chi connectivity index (χ4n) is 1.52. The van der Waals surface area contributed by atoms with Gasteiger partial charge in [-0.2, -0.15) is 4.98 Å². The van der Waals surface area contributed by atoms with Crippen LogP contribution in [0.1, 0.15) is 0 Å². The van der Waals surface area contributed by atoms with Crippen molar-refractivity contribution in [1.82, 2.24) is 10.1 Å². The SMILES string of the molecule is Oc1ccc(-c2nc(-c3ccco3)no2)c(F)c1. The minimum atomic E-state index is -0.635. The number of nitrogens with zero attached hydrogens (tertiary/aromatic N) is 2. The van der Waals surface area contributed by atoms with Crippen molar-refractivity contribution in [1.29, 1.82) is 0 Å². The molecule has 0 saturated heterocycles. The summed E-state index contributed by atoms with van der Waals surface area (Å²) < 4.78 is 23.6. The standard InChI is InChI=1S/C12H7FN2O3/c13-9-6-7(16)3-4-8(9)12-14-11(15-18-12)10-2-1-5-17-10/h1-6,16H. The van der Waals surface area contributed by atoms with Crippen molar-refractivity contribution in [2.75, 3.05) is 0 Å². The van der Waals surface area contributed by atoms with Gasteiger partial charge in [0.2, 0.25) is 5.82 Å². The lowest BCUT2D eigenvalue weighted by Gasteiger charge is -1.97. The number of halogens is 1. The Balaban J connectivity index is 2.03. The molecule has 5 nitrogen and oxygen atoms in total. The summed E-state index contributed by atoms with van der Waals surface area (Å²) in [4.78, 5) is 4.02. The van der Waals surface area contributed by atoms with Gasteiger partial charge < -0.3 is 14.0 Å². The minimum absolute atomic E-state index is 0.0268. The van der Waals surface area contributed by atoms with Crippen LogP contribution in [0.25, 0.3) is 23.0 Å². The van der Waals surface area contributed by atoms with Gasteiger partial charge >= 0.3 is 0 Å². The van der Waals surface area contributed by atoms with E-state index in [0.29, 0.717) is 5.76 Å². The predicted molar refractivity (Wildman–Crippen MR) is 59.1 cm³/mol. The molecule has 3 aromatic rings. The van der Waals surface area contributed by atoms with Crippen molar-refractivity contribution in [2.24, 2.45) is 0 Å². The fourth-order valence-corrected chi connectivity index (χ4v) is 1.52. The van der Waals surface area contributed by atoms with E-state index in [4.69, 9.17) is 14.0 Å². The number of hydrogen-bond donors (Lipinski definition) is 1. The quantitative estimate of drug-likeness (QED) is 0.752. The number of furan rings is 1. The van der Waals surface area contributed by atoms with Gasteiger partial charge in [-0.15, -0.1) is 0 Å². The number of aromatic hydroxyl groups is 1. The Morgan fingerprint density at radius 2 is 2.11 bits per heavy atom. The number of benzene rings is 1. The highest BCUT2D eigenvalue weighted by atomic mass is 19.1. The molecule has 18 heavy (non-hydrogen) atoms. The highest BCUT2D eigenvalue weighted by molar-refractivity contribution is 5.58. The Morgan fingerprint density at radius 1 is 1.22 bits per heavy atom. The predicted octanol–water partition coefficient (Wildman–Crippen LogP) is 2.84. The zero-order valence-electron chi connectivity index (χ0n) is 9.00. The van der Waals surface area contributed by atoms with Gasteiger partial charge in [-0.05, 0) is 24.3 Å². The van der Waals surface area contributed by atoms with E-state index in [2.05, 4.69) is 10.1 Å². The third kappa shape index (κ3) is 1.73. The van der Waals surface area contributed by atoms with Crippen LogP contribution in [0.4, 0.5) is 4.39 Å². The Hall–Kier alpha value is -2.63. The Morgan fingerprint density at radius 3 is 2.83 bits per heavy atom. The summed E-state index contributed by atoms with van der Waals surface area (Å²) in [5, 5.41) is 12.8. The normalized spacial score (nSPS) is 10.7. The molecule has 0 spiro atoms. The molecular formula is C12H7FN2O3. The molecule has 0 aliphatic carbocycles. The van der Waals surface area contributed by atoms with Crippen LogP contribution in [0.5, 0.6) is 5.75 Å².